The molecular weight excluding hydrogens is 413 g/mol. The number of amides is 2. The average molecular weight is 438 g/mol. The maximum atomic E-state index is 13.1. The average Bonchev–Trinajstić information content (AvgIpc) is 3.50. The summed E-state index contributed by atoms with van der Waals surface area (Å²) in [6.07, 6.45) is 2.91. The Morgan fingerprint density at radius 1 is 1.10 bits per heavy atom. The van der Waals surface area contributed by atoms with Gasteiger partial charge in [-0.25, -0.2) is 9.37 Å². The molecule has 1 heterocycles. The van der Waals surface area contributed by atoms with Crippen LogP contribution in [0.2, 0.25) is 0 Å². The molecule has 2 N–H and O–H groups in total. The number of nitrogens with one attached hydrogen (secondary N) is 2. The van der Waals surface area contributed by atoms with E-state index in [-0.39, 0.29) is 23.7 Å². The molecule has 4 rings (SSSR count). The van der Waals surface area contributed by atoms with Crippen LogP contribution in [-0.4, -0.2) is 28.9 Å². The van der Waals surface area contributed by atoms with Crippen molar-refractivity contribution >= 4 is 23.2 Å². The molecular formula is C24H24FN3O2S. The second kappa shape index (κ2) is 9.39. The summed E-state index contributed by atoms with van der Waals surface area (Å²) in [6, 6.07) is 15.5. The number of rotatable bonds is 8. The Labute approximate surface area is 184 Å². The van der Waals surface area contributed by atoms with Crippen LogP contribution in [0, 0.1) is 12.7 Å². The molecule has 1 saturated carbocycles. The summed E-state index contributed by atoms with van der Waals surface area (Å²) < 4.78 is 13.1. The molecule has 2 aromatic carbocycles. The Balaban J connectivity index is 1.47. The van der Waals surface area contributed by atoms with Crippen molar-refractivity contribution in [3.8, 4) is 0 Å². The van der Waals surface area contributed by atoms with Crippen LogP contribution in [-0.2, 0) is 17.6 Å². The van der Waals surface area contributed by atoms with Crippen LogP contribution in [0.4, 0.5) is 4.39 Å². The topological polar surface area (TPSA) is 71.1 Å². The minimum Gasteiger partial charge on any atom is -0.352 e. The van der Waals surface area contributed by atoms with Gasteiger partial charge in [0.1, 0.15) is 16.7 Å². The van der Waals surface area contributed by atoms with Crippen LogP contribution in [0.25, 0.3) is 0 Å². The minimum atomic E-state index is -0.655. The molecule has 1 aromatic heterocycles. The first-order chi connectivity index (χ1) is 15.0. The van der Waals surface area contributed by atoms with Crippen LogP contribution in [0.3, 0.4) is 0 Å². The maximum absolute atomic E-state index is 13.1. The lowest BCUT2D eigenvalue weighted by molar-refractivity contribution is -0.123. The Morgan fingerprint density at radius 3 is 2.48 bits per heavy atom. The lowest BCUT2D eigenvalue weighted by Crippen LogP contribution is -2.48. The van der Waals surface area contributed by atoms with Crippen molar-refractivity contribution in [3.05, 3.63) is 87.1 Å². The molecule has 5 nitrogen and oxygen atoms in total. The Morgan fingerprint density at radius 2 is 1.81 bits per heavy atom. The van der Waals surface area contributed by atoms with Gasteiger partial charge in [0.05, 0.1) is 10.7 Å². The quantitative estimate of drug-likeness (QED) is 0.563. The molecule has 0 bridgehead atoms. The maximum Gasteiger partial charge on any atom is 0.263 e. The van der Waals surface area contributed by atoms with Gasteiger partial charge in [0.25, 0.3) is 5.91 Å². The summed E-state index contributed by atoms with van der Waals surface area (Å²) in [5, 5.41) is 6.68. The zero-order valence-corrected chi connectivity index (χ0v) is 18.0. The molecule has 1 fully saturated rings. The fourth-order valence-corrected chi connectivity index (χ4v) is 4.33. The van der Waals surface area contributed by atoms with Crippen molar-refractivity contribution < 1.29 is 14.0 Å². The van der Waals surface area contributed by atoms with Gasteiger partial charge >= 0.3 is 0 Å². The van der Waals surface area contributed by atoms with Crippen molar-refractivity contribution in [3.63, 3.8) is 0 Å². The molecule has 0 spiro atoms. The van der Waals surface area contributed by atoms with Crippen molar-refractivity contribution in [2.24, 2.45) is 0 Å². The summed E-state index contributed by atoms with van der Waals surface area (Å²) in [6.45, 7) is 1.79. The van der Waals surface area contributed by atoms with E-state index in [4.69, 9.17) is 0 Å². The van der Waals surface area contributed by atoms with E-state index in [0.717, 1.165) is 29.0 Å². The number of halogens is 1. The van der Waals surface area contributed by atoms with E-state index in [9.17, 15) is 14.0 Å². The standard InChI is InChI=1S/C24H24FN3O2S/c1-15-22(31-21(26-15)14-17-7-9-18(25)10-8-17)24(30)28-20(23(29)27-19-11-12-19)13-16-5-3-2-4-6-16/h2-10,19-20H,11-14H2,1H3,(H,27,29)(H,28,30). The molecule has 1 unspecified atom stereocenters. The molecule has 0 saturated heterocycles. The third-order valence-electron chi connectivity index (χ3n) is 5.14. The van der Waals surface area contributed by atoms with Crippen molar-refractivity contribution in [1.82, 2.24) is 15.6 Å². The van der Waals surface area contributed by atoms with E-state index in [1.165, 1.54) is 23.5 Å². The van der Waals surface area contributed by atoms with E-state index >= 15 is 0 Å². The van der Waals surface area contributed by atoms with E-state index in [0.29, 0.717) is 23.4 Å². The highest BCUT2D eigenvalue weighted by Crippen LogP contribution is 2.22. The smallest absolute Gasteiger partial charge is 0.263 e. The highest BCUT2D eigenvalue weighted by atomic mass is 32.1. The van der Waals surface area contributed by atoms with Crippen molar-refractivity contribution in [2.75, 3.05) is 0 Å². The highest BCUT2D eigenvalue weighted by molar-refractivity contribution is 7.13. The zero-order valence-electron chi connectivity index (χ0n) is 17.2. The third-order valence-corrected chi connectivity index (χ3v) is 6.30. The number of aromatic nitrogens is 1. The number of hydrogen-bond donors (Lipinski definition) is 2. The normalized spacial score (nSPS) is 14.1. The van der Waals surface area contributed by atoms with Crippen molar-refractivity contribution in [1.29, 1.82) is 0 Å². The molecule has 160 valence electrons. The van der Waals surface area contributed by atoms with E-state index in [1.807, 2.05) is 30.3 Å². The zero-order chi connectivity index (χ0) is 21.8. The van der Waals surface area contributed by atoms with Crippen LogP contribution in [0.5, 0.6) is 0 Å². The van der Waals surface area contributed by atoms with Gasteiger partial charge in [0, 0.05) is 18.9 Å². The molecule has 1 aliphatic rings. The van der Waals surface area contributed by atoms with Gasteiger partial charge in [-0.2, -0.15) is 0 Å². The SMILES string of the molecule is Cc1nc(Cc2ccc(F)cc2)sc1C(=O)NC(Cc1ccccc1)C(=O)NC1CC1. The Hall–Kier alpha value is -3.06. The van der Waals surface area contributed by atoms with Crippen LogP contribution < -0.4 is 10.6 Å². The van der Waals surface area contributed by atoms with E-state index in [1.54, 1.807) is 19.1 Å². The molecule has 3 aromatic rings. The second-order valence-electron chi connectivity index (χ2n) is 7.82. The largest absolute Gasteiger partial charge is 0.352 e. The van der Waals surface area contributed by atoms with Crippen LogP contribution in [0.15, 0.2) is 54.6 Å². The molecule has 7 heteroatoms. The number of thiazole rings is 1. The summed E-state index contributed by atoms with van der Waals surface area (Å²) >= 11 is 1.30. The molecule has 1 aliphatic carbocycles. The Bertz CT molecular complexity index is 1060. The first-order valence-corrected chi connectivity index (χ1v) is 11.2. The summed E-state index contributed by atoms with van der Waals surface area (Å²) in [5.74, 6) is -0.742. The van der Waals surface area contributed by atoms with Gasteiger partial charge in [0.15, 0.2) is 0 Å². The summed E-state index contributed by atoms with van der Waals surface area (Å²) in [5.41, 5.74) is 2.53. The molecule has 2 amide bonds. The van der Waals surface area contributed by atoms with Gasteiger partial charge in [-0.05, 0) is 43.0 Å². The first kappa shape index (κ1) is 21.2. The molecule has 0 aliphatic heterocycles. The molecule has 0 radical (unpaired) electrons. The predicted octanol–water partition coefficient (Wildman–Crippen LogP) is 3.80. The molecule has 1 atom stereocenters. The third kappa shape index (κ3) is 5.76. The first-order valence-electron chi connectivity index (χ1n) is 10.3. The van der Waals surface area contributed by atoms with E-state index < -0.39 is 6.04 Å². The van der Waals surface area contributed by atoms with E-state index in [2.05, 4.69) is 15.6 Å². The van der Waals surface area contributed by atoms with Gasteiger partial charge in [-0.15, -0.1) is 11.3 Å². The minimum absolute atomic E-state index is 0.159. The number of hydrogen-bond acceptors (Lipinski definition) is 4. The number of carbonyl (C=O) groups is 2. The summed E-state index contributed by atoms with van der Waals surface area (Å²) in [7, 11) is 0. The Kier molecular flexibility index (Phi) is 6.42. The van der Waals surface area contributed by atoms with Gasteiger partial charge in [0.2, 0.25) is 5.91 Å². The lowest BCUT2D eigenvalue weighted by atomic mass is 10.0. The molecule has 31 heavy (non-hydrogen) atoms. The summed E-state index contributed by atoms with van der Waals surface area (Å²) in [4.78, 5) is 30.8. The van der Waals surface area contributed by atoms with Crippen LogP contribution >= 0.6 is 11.3 Å². The van der Waals surface area contributed by atoms with Gasteiger partial charge < -0.3 is 10.6 Å². The number of aryl methyl sites for hydroxylation is 1. The fraction of sp³-hybridized carbons (Fsp3) is 0.292. The van der Waals surface area contributed by atoms with Crippen molar-refractivity contribution in [2.45, 2.75) is 44.7 Å². The number of nitrogens with zero attached hydrogens (tertiary/aromatic N) is 1. The second-order valence-corrected chi connectivity index (χ2v) is 8.91. The highest BCUT2D eigenvalue weighted by Gasteiger charge is 2.29. The lowest BCUT2D eigenvalue weighted by Gasteiger charge is -2.18. The predicted molar refractivity (Wildman–Crippen MR) is 119 cm³/mol. The van der Waals surface area contributed by atoms with Gasteiger partial charge in [-0.1, -0.05) is 42.5 Å². The number of benzene rings is 2. The van der Waals surface area contributed by atoms with Crippen LogP contribution in [0.1, 0.15) is 44.3 Å². The fourth-order valence-electron chi connectivity index (χ4n) is 3.33. The number of carbonyl (C=O) groups excluding carboxylic acids is 2. The van der Waals surface area contributed by atoms with Gasteiger partial charge in [-0.3, -0.25) is 9.59 Å². The monoisotopic (exact) mass is 437 g/mol.